The molecule has 0 spiro atoms. The molecular formula is C13H15NO3. The quantitative estimate of drug-likeness (QED) is 0.828. The summed E-state index contributed by atoms with van der Waals surface area (Å²) in [6.07, 6.45) is 0.552. The molecule has 1 aliphatic heterocycles. The molecule has 1 fully saturated rings. The minimum Gasteiger partial charge on any atom is -0.373 e. The van der Waals surface area contributed by atoms with Crippen LogP contribution in [0, 0.1) is 11.8 Å². The van der Waals surface area contributed by atoms with Crippen molar-refractivity contribution in [3.05, 3.63) is 35.9 Å². The molecule has 1 amide bonds. The van der Waals surface area contributed by atoms with Crippen molar-refractivity contribution in [1.29, 1.82) is 0 Å². The summed E-state index contributed by atoms with van der Waals surface area (Å²) in [5.41, 5.74) is 6.34. The van der Waals surface area contributed by atoms with E-state index in [-0.39, 0.29) is 24.9 Å². The lowest BCUT2D eigenvalue weighted by molar-refractivity contribution is -0.144. The fourth-order valence-corrected chi connectivity index (χ4v) is 2.14. The first kappa shape index (κ1) is 11.8. The van der Waals surface area contributed by atoms with Gasteiger partial charge in [-0.15, -0.1) is 0 Å². The molecule has 0 radical (unpaired) electrons. The van der Waals surface area contributed by atoms with Gasteiger partial charge >= 0.3 is 0 Å². The van der Waals surface area contributed by atoms with Crippen LogP contribution in [0.15, 0.2) is 30.3 Å². The van der Waals surface area contributed by atoms with Crippen LogP contribution in [0.5, 0.6) is 0 Å². The van der Waals surface area contributed by atoms with Gasteiger partial charge in [-0.1, -0.05) is 30.3 Å². The van der Waals surface area contributed by atoms with Gasteiger partial charge < -0.3 is 10.5 Å². The maximum absolute atomic E-state index is 11.8. The molecule has 0 aromatic heterocycles. The normalized spacial score (nSPS) is 24.6. The Morgan fingerprint density at radius 2 is 2.06 bits per heavy atom. The van der Waals surface area contributed by atoms with Crippen LogP contribution in [-0.4, -0.2) is 24.9 Å². The molecular weight excluding hydrogens is 218 g/mol. The molecule has 17 heavy (non-hydrogen) atoms. The molecule has 1 aliphatic rings. The fourth-order valence-electron chi connectivity index (χ4n) is 2.14. The molecule has 0 saturated carbocycles. The smallest absolute Gasteiger partial charge is 0.223 e. The van der Waals surface area contributed by atoms with Gasteiger partial charge in [0.05, 0.1) is 12.5 Å². The third kappa shape index (κ3) is 2.71. The number of nitrogens with two attached hydrogens (primary N) is 1. The number of hydrogen-bond acceptors (Lipinski definition) is 3. The number of rotatable bonds is 3. The van der Waals surface area contributed by atoms with Crippen LogP contribution < -0.4 is 5.73 Å². The van der Waals surface area contributed by atoms with Crippen molar-refractivity contribution in [2.75, 3.05) is 13.2 Å². The number of amides is 1. The number of carbonyl (C=O) groups is 2. The van der Waals surface area contributed by atoms with Crippen molar-refractivity contribution < 1.29 is 14.3 Å². The van der Waals surface area contributed by atoms with Crippen molar-refractivity contribution in [2.24, 2.45) is 17.6 Å². The highest BCUT2D eigenvalue weighted by atomic mass is 16.5. The highest BCUT2D eigenvalue weighted by molar-refractivity contribution is 5.90. The van der Waals surface area contributed by atoms with E-state index in [0.717, 1.165) is 5.56 Å². The number of benzene rings is 1. The topological polar surface area (TPSA) is 69.4 Å². The van der Waals surface area contributed by atoms with Gasteiger partial charge in [-0.25, -0.2) is 0 Å². The van der Waals surface area contributed by atoms with Crippen molar-refractivity contribution in [1.82, 2.24) is 0 Å². The molecule has 1 heterocycles. The van der Waals surface area contributed by atoms with Crippen molar-refractivity contribution in [3.63, 3.8) is 0 Å². The van der Waals surface area contributed by atoms with Crippen LogP contribution >= 0.6 is 0 Å². The zero-order valence-corrected chi connectivity index (χ0v) is 9.46. The minimum atomic E-state index is -0.503. The van der Waals surface area contributed by atoms with Gasteiger partial charge in [0.15, 0.2) is 5.78 Å². The van der Waals surface area contributed by atoms with E-state index < -0.39 is 11.8 Å². The molecule has 2 N–H and O–H groups in total. The Morgan fingerprint density at radius 1 is 1.35 bits per heavy atom. The zero-order chi connectivity index (χ0) is 12.3. The SMILES string of the molecule is NC(=O)C1COCC(=O)C1Cc1ccccc1. The van der Waals surface area contributed by atoms with Gasteiger partial charge in [0.2, 0.25) is 5.91 Å². The van der Waals surface area contributed by atoms with E-state index in [9.17, 15) is 9.59 Å². The van der Waals surface area contributed by atoms with Crippen LogP contribution in [0.1, 0.15) is 5.56 Å². The summed E-state index contributed by atoms with van der Waals surface area (Å²) in [4.78, 5) is 23.1. The molecule has 2 atom stereocenters. The molecule has 2 rings (SSSR count). The van der Waals surface area contributed by atoms with E-state index >= 15 is 0 Å². The maximum atomic E-state index is 11.8. The second kappa shape index (κ2) is 5.10. The predicted molar refractivity (Wildman–Crippen MR) is 62.1 cm³/mol. The molecule has 1 saturated heterocycles. The Bertz CT molecular complexity index is 416. The highest BCUT2D eigenvalue weighted by Crippen LogP contribution is 2.23. The summed E-state index contributed by atoms with van der Waals surface area (Å²) in [5.74, 6) is -1.34. The Hall–Kier alpha value is -1.68. The van der Waals surface area contributed by atoms with Gasteiger partial charge in [0.1, 0.15) is 6.61 Å². The number of ketones is 1. The number of ether oxygens (including phenoxy) is 1. The highest BCUT2D eigenvalue weighted by Gasteiger charge is 2.36. The number of hydrogen-bond donors (Lipinski definition) is 1. The van der Waals surface area contributed by atoms with Crippen molar-refractivity contribution in [3.8, 4) is 0 Å². The van der Waals surface area contributed by atoms with E-state index in [1.165, 1.54) is 0 Å². The van der Waals surface area contributed by atoms with E-state index in [0.29, 0.717) is 6.42 Å². The summed E-state index contributed by atoms with van der Waals surface area (Å²) in [7, 11) is 0. The standard InChI is InChI=1S/C13H15NO3/c14-13(16)11-7-17-8-12(15)10(11)6-9-4-2-1-3-5-9/h1-5,10-11H,6-8H2,(H2,14,16). The van der Waals surface area contributed by atoms with Crippen LogP contribution in [0.25, 0.3) is 0 Å². The Kier molecular flexibility index (Phi) is 3.54. The van der Waals surface area contributed by atoms with E-state index in [1.807, 2.05) is 30.3 Å². The Morgan fingerprint density at radius 3 is 2.71 bits per heavy atom. The van der Waals surface area contributed by atoms with Gasteiger partial charge in [-0.3, -0.25) is 9.59 Å². The first-order valence-electron chi connectivity index (χ1n) is 5.62. The van der Waals surface area contributed by atoms with Crippen molar-refractivity contribution >= 4 is 11.7 Å². The third-order valence-electron chi connectivity index (χ3n) is 3.10. The lowest BCUT2D eigenvalue weighted by atomic mass is 9.82. The van der Waals surface area contributed by atoms with Crippen molar-refractivity contribution in [2.45, 2.75) is 6.42 Å². The lowest BCUT2D eigenvalue weighted by Crippen LogP contribution is -2.44. The second-order valence-corrected chi connectivity index (χ2v) is 4.29. The number of primary amides is 1. The summed E-state index contributed by atoms with van der Waals surface area (Å²) in [5, 5.41) is 0. The van der Waals surface area contributed by atoms with Crippen LogP contribution in [0.3, 0.4) is 0 Å². The summed E-state index contributed by atoms with van der Waals surface area (Å²) >= 11 is 0. The Labute approximate surface area is 99.8 Å². The minimum absolute atomic E-state index is 0.0381. The van der Waals surface area contributed by atoms with Crippen LogP contribution in [0.2, 0.25) is 0 Å². The van der Waals surface area contributed by atoms with Gasteiger partial charge in [-0.05, 0) is 12.0 Å². The summed E-state index contributed by atoms with van der Waals surface area (Å²) in [6, 6.07) is 9.64. The number of Topliss-reactive ketones (excluding diaryl/α,β-unsaturated/α-hetero) is 1. The largest absolute Gasteiger partial charge is 0.373 e. The van der Waals surface area contributed by atoms with Gasteiger partial charge in [0.25, 0.3) is 0 Å². The molecule has 0 bridgehead atoms. The molecule has 90 valence electrons. The third-order valence-corrected chi connectivity index (χ3v) is 3.10. The van der Waals surface area contributed by atoms with Crippen LogP contribution in [0.4, 0.5) is 0 Å². The number of carbonyl (C=O) groups excluding carboxylic acids is 2. The maximum Gasteiger partial charge on any atom is 0.223 e. The Balaban J connectivity index is 2.15. The molecule has 4 nitrogen and oxygen atoms in total. The first-order valence-corrected chi connectivity index (χ1v) is 5.62. The predicted octanol–water partition coefficient (Wildman–Crippen LogP) is 0.546. The van der Waals surface area contributed by atoms with E-state index in [1.54, 1.807) is 0 Å². The fraction of sp³-hybridized carbons (Fsp3) is 0.385. The van der Waals surface area contributed by atoms with E-state index in [2.05, 4.69) is 0 Å². The zero-order valence-electron chi connectivity index (χ0n) is 9.46. The van der Waals surface area contributed by atoms with E-state index in [4.69, 9.17) is 10.5 Å². The average molecular weight is 233 g/mol. The molecule has 4 heteroatoms. The average Bonchev–Trinajstić information content (AvgIpc) is 2.33. The molecule has 1 aromatic rings. The first-order chi connectivity index (χ1) is 8.18. The summed E-state index contributed by atoms with van der Waals surface area (Å²) < 4.78 is 5.07. The van der Waals surface area contributed by atoms with Crippen LogP contribution in [-0.2, 0) is 20.7 Å². The van der Waals surface area contributed by atoms with Gasteiger partial charge in [0, 0.05) is 5.92 Å². The monoisotopic (exact) mass is 233 g/mol. The molecule has 2 unspecified atom stereocenters. The lowest BCUT2D eigenvalue weighted by Gasteiger charge is -2.28. The van der Waals surface area contributed by atoms with Gasteiger partial charge in [-0.2, -0.15) is 0 Å². The molecule has 0 aliphatic carbocycles. The summed E-state index contributed by atoms with van der Waals surface area (Å²) in [6.45, 7) is 0.333. The molecule has 1 aromatic carbocycles. The second-order valence-electron chi connectivity index (χ2n) is 4.29.